The van der Waals surface area contributed by atoms with Crippen molar-refractivity contribution in [3.63, 3.8) is 0 Å². The second-order valence-electron chi connectivity index (χ2n) is 8.05. The number of rotatable bonds is 6. The number of hydrogen-bond acceptors (Lipinski definition) is 6. The Morgan fingerprint density at radius 1 is 1.38 bits per heavy atom. The summed E-state index contributed by atoms with van der Waals surface area (Å²) in [7, 11) is 0. The number of aromatic amines is 1. The highest BCUT2D eigenvalue weighted by molar-refractivity contribution is 5.97. The highest BCUT2D eigenvalue weighted by Gasteiger charge is 2.21. The van der Waals surface area contributed by atoms with E-state index in [-0.39, 0.29) is 5.56 Å². The van der Waals surface area contributed by atoms with Gasteiger partial charge in [0, 0.05) is 41.8 Å². The minimum Gasteiger partial charge on any atom is -0.377 e. The van der Waals surface area contributed by atoms with Gasteiger partial charge in [0.1, 0.15) is 0 Å². The molecule has 0 saturated carbocycles. The SMILES string of the molecule is Cc1cc2c(C3=CCOCC3)cnc(NC3CCN(CCCN)CC3)c2[nH]c1=O. The molecule has 0 bridgehead atoms. The van der Waals surface area contributed by atoms with Gasteiger partial charge in [-0.1, -0.05) is 6.08 Å². The quantitative estimate of drug-likeness (QED) is 0.692. The van der Waals surface area contributed by atoms with Gasteiger partial charge >= 0.3 is 0 Å². The molecule has 156 valence electrons. The number of hydrogen-bond donors (Lipinski definition) is 3. The van der Waals surface area contributed by atoms with Crippen molar-refractivity contribution in [3.8, 4) is 0 Å². The molecule has 4 N–H and O–H groups in total. The topological polar surface area (TPSA) is 96.3 Å². The smallest absolute Gasteiger partial charge is 0.251 e. The summed E-state index contributed by atoms with van der Waals surface area (Å²) in [5, 5.41) is 4.65. The minimum atomic E-state index is -0.0583. The number of aryl methyl sites for hydroxylation is 1. The highest BCUT2D eigenvalue weighted by atomic mass is 16.5. The lowest BCUT2D eigenvalue weighted by atomic mass is 9.98. The van der Waals surface area contributed by atoms with Crippen LogP contribution in [0, 0.1) is 6.92 Å². The predicted octanol–water partition coefficient (Wildman–Crippen LogP) is 2.26. The molecule has 7 heteroatoms. The maximum absolute atomic E-state index is 12.3. The second kappa shape index (κ2) is 9.07. The van der Waals surface area contributed by atoms with Crippen LogP contribution in [0.15, 0.2) is 23.1 Å². The van der Waals surface area contributed by atoms with E-state index in [9.17, 15) is 4.79 Å². The van der Waals surface area contributed by atoms with Crippen LogP contribution >= 0.6 is 0 Å². The summed E-state index contributed by atoms with van der Waals surface area (Å²) in [4.78, 5) is 22.6. The molecule has 29 heavy (non-hydrogen) atoms. The standard InChI is InChI=1S/C22H31N5O2/c1-15-13-18-19(16-5-11-29-12-6-16)14-24-21(20(18)26-22(15)28)25-17-3-9-27(10-4-17)8-2-7-23/h5,13-14,17H,2-4,6-12,23H2,1H3,(H,24,25)(H,26,28). The monoisotopic (exact) mass is 397 g/mol. The molecule has 0 aliphatic carbocycles. The molecule has 0 aromatic carbocycles. The number of piperidine rings is 1. The van der Waals surface area contributed by atoms with Crippen molar-refractivity contribution in [2.45, 2.75) is 38.6 Å². The predicted molar refractivity (Wildman–Crippen MR) is 117 cm³/mol. The summed E-state index contributed by atoms with van der Waals surface area (Å²) >= 11 is 0. The largest absolute Gasteiger partial charge is 0.377 e. The van der Waals surface area contributed by atoms with Crippen molar-refractivity contribution in [1.29, 1.82) is 0 Å². The van der Waals surface area contributed by atoms with Crippen LogP contribution in [0.3, 0.4) is 0 Å². The number of nitrogens with zero attached hydrogens (tertiary/aromatic N) is 2. The zero-order valence-corrected chi connectivity index (χ0v) is 17.2. The third-order valence-corrected chi connectivity index (χ3v) is 5.99. The number of pyridine rings is 2. The van der Waals surface area contributed by atoms with Crippen molar-refractivity contribution < 1.29 is 4.74 Å². The van der Waals surface area contributed by atoms with Gasteiger partial charge in [-0.25, -0.2) is 4.98 Å². The van der Waals surface area contributed by atoms with Crippen molar-refractivity contribution in [1.82, 2.24) is 14.9 Å². The summed E-state index contributed by atoms with van der Waals surface area (Å²) in [5.41, 5.74) is 9.42. The summed E-state index contributed by atoms with van der Waals surface area (Å²) in [5.74, 6) is 0.772. The zero-order chi connectivity index (χ0) is 20.2. The third-order valence-electron chi connectivity index (χ3n) is 5.99. The third kappa shape index (κ3) is 4.52. The van der Waals surface area contributed by atoms with E-state index in [4.69, 9.17) is 15.5 Å². The number of fused-ring (bicyclic) bond motifs is 1. The second-order valence-corrected chi connectivity index (χ2v) is 8.05. The maximum atomic E-state index is 12.3. The van der Waals surface area contributed by atoms with Gasteiger partial charge < -0.3 is 25.7 Å². The summed E-state index contributed by atoms with van der Waals surface area (Å²) in [6, 6.07) is 2.35. The normalized spacial score (nSPS) is 18.8. The van der Waals surface area contributed by atoms with Gasteiger partial charge in [-0.15, -0.1) is 0 Å². The van der Waals surface area contributed by atoms with Gasteiger partial charge in [0.05, 0.1) is 18.7 Å². The van der Waals surface area contributed by atoms with Crippen LogP contribution < -0.4 is 16.6 Å². The molecule has 4 heterocycles. The molecule has 0 atom stereocenters. The van der Waals surface area contributed by atoms with Crippen LogP contribution in [0.25, 0.3) is 16.5 Å². The Labute approximate surface area is 171 Å². The molecule has 2 aliphatic rings. The fourth-order valence-corrected chi connectivity index (χ4v) is 4.24. The maximum Gasteiger partial charge on any atom is 0.251 e. The van der Waals surface area contributed by atoms with Gasteiger partial charge in [-0.3, -0.25) is 4.79 Å². The van der Waals surface area contributed by atoms with E-state index in [2.05, 4.69) is 21.3 Å². The number of nitrogens with two attached hydrogens (primary N) is 1. The Balaban J connectivity index is 1.60. The molecule has 4 rings (SSSR count). The molecule has 0 spiro atoms. The molecule has 2 aliphatic heterocycles. The fraction of sp³-hybridized carbons (Fsp3) is 0.545. The first-order chi connectivity index (χ1) is 14.2. The number of nitrogens with one attached hydrogen (secondary N) is 2. The van der Waals surface area contributed by atoms with Crippen LogP contribution in [-0.2, 0) is 4.74 Å². The van der Waals surface area contributed by atoms with Gasteiger partial charge in [-0.05, 0) is 57.3 Å². The summed E-state index contributed by atoms with van der Waals surface area (Å²) in [6.07, 6.45) is 8.10. The van der Waals surface area contributed by atoms with Gasteiger partial charge in [-0.2, -0.15) is 0 Å². The van der Waals surface area contributed by atoms with Gasteiger partial charge in [0.15, 0.2) is 5.82 Å². The molecule has 2 aromatic rings. The number of anilines is 1. The molecule has 1 saturated heterocycles. The molecular formula is C22H31N5O2. The Hall–Kier alpha value is -2.22. The molecule has 2 aromatic heterocycles. The van der Waals surface area contributed by atoms with E-state index in [0.29, 0.717) is 12.6 Å². The number of ether oxygens (including phenoxy) is 1. The lowest BCUT2D eigenvalue weighted by Crippen LogP contribution is -2.40. The molecule has 1 fully saturated rings. The van der Waals surface area contributed by atoms with E-state index in [1.807, 2.05) is 19.2 Å². The number of H-pyrrole nitrogens is 1. The van der Waals surface area contributed by atoms with Crippen molar-refractivity contribution >= 4 is 22.3 Å². The van der Waals surface area contributed by atoms with Gasteiger partial charge in [0.2, 0.25) is 0 Å². The van der Waals surface area contributed by atoms with E-state index >= 15 is 0 Å². The van der Waals surface area contributed by atoms with Crippen LogP contribution in [0.4, 0.5) is 5.82 Å². The highest BCUT2D eigenvalue weighted by Crippen LogP contribution is 2.31. The Morgan fingerprint density at radius 2 is 2.21 bits per heavy atom. The summed E-state index contributed by atoms with van der Waals surface area (Å²) in [6.45, 7) is 7.15. The Bertz CT molecular complexity index is 944. The Morgan fingerprint density at radius 3 is 2.93 bits per heavy atom. The minimum absolute atomic E-state index is 0.0583. The fourth-order valence-electron chi connectivity index (χ4n) is 4.24. The van der Waals surface area contributed by atoms with Crippen molar-refractivity contribution in [2.24, 2.45) is 5.73 Å². The van der Waals surface area contributed by atoms with Crippen LogP contribution in [0.1, 0.15) is 36.8 Å². The molecule has 7 nitrogen and oxygen atoms in total. The van der Waals surface area contributed by atoms with E-state index < -0.39 is 0 Å². The lowest BCUT2D eigenvalue weighted by molar-refractivity contribution is 0.161. The Kier molecular flexibility index (Phi) is 6.28. The van der Waals surface area contributed by atoms with E-state index in [1.54, 1.807) is 0 Å². The number of aromatic nitrogens is 2. The van der Waals surface area contributed by atoms with Crippen molar-refractivity contribution in [3.05, 3.63) is 39.8 Å². The van der Waals surface area contributed by atoms with Gasteiger partial charge in [0.25, 0.3) is 5.56 Å². The first-order valence-corrected chi connectivity index (χ1v) is 10.6. The molecule has 0 radical (unpaired) electrons. The van der Waals surface area contributed by atoms with Crippen molar-refractivity contribution in [2.75, 3.05) is 44.7 Å². The van der Waals surface area contributed by atoms with E-state index in [1.165, 1.54) is 5.57 Å². The molecule has 0 unspecified atom stereocenters. The first kappa shape index (κ1) is 20.1. The van der Waals surface area contributed by atoms with Crippen LogP contribution in [-0.4, -0.2) is 60.3 Å². The lowest BCUT2D eigenvalue weighted by Gasteiger charge is -2.32. The molecule has 0 amide bonds. The molecular weight excluding hydrogens is 366 g/mol. The number of likely N-dealkylation sites (tertiary alicyclic amines) is 1. The van der Waals surface area contributed by atoms with E-state index in [0.717, 1.165) is 86.3 Å². The average Bonchev–Trinajstić information content (AvgIpc) is 2.75. The summed E-state index contributed by atoms with van der Waals surface area (Å²) < 4.78 is 5.46. The van der Waals surface area contributed by atoms with Crippen LogP contribution in [0.5, 0.6) is 0 Å². The van der Waals surface area contributed by atoms with Crippen LogP contribution in [0.2, 0.25) is 0 Å². The first-order valence-electron chi connectivity index (χ1n) is 10.6. The zero-order valence-electron chi connectivity index (χ0n) is 17.2. The average molecular weight is 398 g/mol.